The quantitative estimate of drug-likeness (QED) is 0.378. The van der Waals surface area contributed by atoms with E-state index in [4.69, 9.17) is 0 Å². The number of hydrogen-bond acceptors (Lipinski definition) is 4. The summed E-state index contributed by atoms with van der Waals surface area (Å²) in [6, 6.07) is 18.8. The van der Waals surface area contributed by atoms with Crippen LogP contribution < -0.4 is 10.6 Å². The molecule has 0 heterocycles. The molecule has 0 spiro atoms. The van der Waals surface area contributed by atoms with Gasteiger partial charge in [0.1, 0.15) is 0 Å². The maximum absolute atomic E-state index is 12.1. The maximum Gasteiger partial charge on any atom is 0.220 e. The van der Waals surface area contributed by atoms with Crippen LogP contribution in [0.15, 0.2) is 60.7 Å². The van der Waals surface area contributed by atoms with E-state index in [2.05, 4.69) is 10.6 Å². The molecule has 30 heavy (non-hydrogen) atoms. The summed E-state index contributed by atoms with van der Waals surface area (Å²) in [5, 5.41) is 24.7. The van der Waals surface area contributed by atoms with E-state index in [-0.39, 0.29) is 37.1 Å². The molecule has 0 saturated carbocycles. The molecule has 0 aromatic heterocycles. The van der Waals surface area contributed by atoms with Crippen molar-refractivity contribution in [1.29, 1.82) is 0 Å². The fourth-order valence-corrected chi connectivity index (χ4v) is 3.29. The molecule has 0 bridgehead atoms. The molecule has 2 aromatic carbocycles. The Hall–Kier alpha value is -2.70. The molecule has 0 fully saturated rings. The summed E-state index contributed by atoms with van der Waals surface area (Å²) in [6.07, 6.45) is 2.96. The van der Waals surface area contributed by atoms with Gasteiger partial charge in [0.15, 0.2) is 0 Å². The van der Waals surface area contributed by atoms with Gasteiger partial charge in [-0.05, 0) is 36.8 Å². The lowest BCUT2D eigenvalue weighted by molar-refractivity contribution is -0.124. The van der Waals surface area contributed by atoms with Crippen LogP contribution in [0.25, 0.3) is 0 Å². The van der Waals surface area contributed by atoms with Gasteiger partial charge in [-0.1, -0.05) is 60.7 Å². The number of aliphatic hydroxyl groups is 2. The molecule has 0 aliphatic carbocycles. The lowest BCUT2D eigenvalue weighted by Crippen LogP contribution is -2.39. The largest absolute Gasteiger partial charge is 0.394 e. The Morgan fingerprint density at radius 1 is 0.667 bits per heavy atom. The Morgan fingerprint density at radius 3 is 1.37 bits per heavy atom. The van der Waals surface area contributed by atoms with Crippen LogP contribution in [0.1, 0.15) is 36.8 Å². The Labute approximate surface area is 178 Å². The third-order valence-corrected chi connectivity index (χ3v) is 4.88. The number of carbonyl (C=O) groups is 2. The Kier molecular flexibility index (Phi) is 10.6. The van der Waals surface area contributed by atoms with Crippen molar-refractivity contribution < 1.29 is 19.8 Å². The third-order valence-electron chi connectivity index (χ3n) is 4.88. The average molecular weight is 413 g/mol. The van der Waals surface area contributed by atoms with Crippen LogP contribution >= 0.6 is 0 Å². The van der Waals surface area contributed by atoms with Crippen LogP contribution in [0.5, 0.6) is 0 Å². The van der Waals surface area contributed by atoms with E-state index in [1.807, 2.05) is 60.7 Å². The highest BCUT2D eigenvalue weighted by molar-refractivity contribution is 5.77. The zero-order chi connectivity index (χ0) is 21.6. The molecule has 0 radical (unpaired) electrons. The number of hydrogen-bond donors (Lipinski definition) is 4. The first kappa shape index (κ1) is 23.6. The van der Waals surface area contributed by atoms with Crippen LogP contribution in [-0.4, -0.2) is 47.3 Å². The van der Waals surface area contributed by atoms with Gasteiger partial charge < -0.3 is 20.8 Å². The number of unbranched alkanes of at least 4 members (excludes halogenated alkanes) is 1. The summed E-state index contributed by atoms with van der Waals surface area (Å²) in [4.78, 5) is 24.2. The van der Waals surface area contributed by atoms with Crippen molar-refractivity contribution in [1.82, 2.24) is 10.6 Å². The van der Waals surface area contributed by atoms with Crippen LogP contribution in [0.4, 0.5) is 0 Å². The SMILES string of the molecule is O=C(CCCCC(=O)N[C@H](CO)Cc1ccccc1)N[C@H](CO)Cc1ccccc1. The van der Waals surface area contributed by atoms with Gasteiger partial charge in [0.05, 0.1) is 25.3 Å². The first-order valence-electron chi connectivity index (χ1n) is 10.5. The summed E-state index contributed by atoms with van der Waals surface area (Å²) < 4.78 is 0. The molecule has 4 N–H and O–H groups in total. The van der Waals surface area contributed by atoms with Crippen molar-refractivity contribution >= 4 is 11.8 Å². The van der Waals surface area contributed by atoms with Gasteiger partial charge in [0, 0.05) is 12.8 Å². The molecule has 2 atom stereocenters. The van der Waals surface area contributed by atoms with E-state index in [0.717, 1.165) is 11.1 Å². The second-order valence-electron chi connectivity index (χ2n) is 7.48. The Morgan fingerprint density at radius 2 is 1.03 bits per heavy atom. The molecule has 0 unspecified atom stereocenters. The van der Waals surface area contributed by atoms with Crippen molar-refractivity contribution in [3.05, 3.63) is 71.8 Å². The number of benzene rings is 2. The van der Waals surface area contributed by atoms with Gasteiger partial charge in [0.2, 0.25) is 11.8 Å². The van der Waals surface area contributed by atoms with Crippen molar-refractivity contribution in [2.75, 3.05) is 13.2 Å². The highest BCUT2D eigenvalue weighted by Crippen LogP contribution is 2.06. The number of nitrogens with one attached hydrogen (secondary N) is 2. The van der Waals surface area contributed by atoms with Crippen molar-refractivity contribution in [3.8, 4) is 0 Å². The standard InChI is InChI=1S/C24H32N2O4/c27-17-21(15-19-9-3-1-4-10-19)25-23(29)13-7-8-14-24(30)26-22(18-28)16-20-11-5-2-6-12-20/h1-6,9-12,21-22,27-28H,7-8,13-18H2,(H,25,29)(H,26,30)/t21-,22-/m0/s1. The summed E-state index contributed by atoms with van der Waals surface area (Å²) >= 11 is 0. The number of amides is 2. The van der Waals surface area contributed by atoms with E-state index in [1.165, 1.54) is 0 Å². The number of carbonyl (C=O) groups excluding carboxylic acids is 2. The fraction of sp³-hybridized carbons (Fsp3) is 0.417. The zero-order valence-electron chi connectivity index (χ0n) is 17.3. The molecule has 6 nitrogen and oxygen atoms in total. The number of rotatable bonds is 13. The molecule has 2 amide bonds. The Balaban J connectivity index is 1.63. The minimum absolute atomic E-state index is 0.118. The molecular weight excluding hydrogens is 380 g/mol. The highest BCUT2D eigenvalue weighted by atomic mass is 16.3. The monoisotopic (exact) mass is 412 g/mol. The topological polar surface area (TPSA) is 98.7 Å². The normalized spacial score (nSPS) is 12.7. The van der Waals surface area contributed by atoms with Crippen LogP contribution in [0.2, 0.25) is 0 Å². The van der Waals surface area contributed by atoms with Gasteiger partial charge in [-0.15, -0.1) is 0 Å². The predicted molar refractivity (Wildman–Crippen MR) is 117 cm³/mol. The molecule has 0 aliphatic rings. The van der Waals surface area contributed by atoms with E-state index >= 15 is 0 Å². The molecule has 6 heteroatoms. The van der Waals surface area contributed by atoms with Gasteiger partial charge in [-0.2, -0.15) is 0 Å². The summed E-state index contributed by atoms with van der Waals surface area (Å²) in [6.45, 7) is -0.236. The van der Waals surface area contributed by atoms with Gasteiger partial charge in [0.25, 0.3) is 0 Å². The lowest BCUT2D eigenvalue weighted by Gasteiger charge is -2.17. The van der Waals surface area contributed by atoms with Gasteiger partial charge in [-0.25, -0.2) is 0 Å². The van der Waals surface area contributed by atoms with Crippen LogP contribution in [0, 0.1) is 0 Å². The minimum Gasteiger partial charge on any atom is -0.394 e. The highest BCUT2D eigenvalue weighted by Gasteiger charge is 2.14. The first-order valence-corrected chi connectivity index (χ1v) is 10.5. The number of aliphatic hydroxyl groups excluding tert-OH is 2. The predicted octanol–water partition coefficient (Wildman–Crippen LogP) is 1.99. The van der Waals surface area contributed by atoms with E-state index in [0.29, 0.717) is 38.5 Å². The zero-order valence-corrected chi connectivity index (χ0v) is 17.3. The fourth-order valence-electron chi connectivity index (χ4n) is 3.29. The minimum atomic E-state index is -0.313. The average Bonchev–Trinajstić information content (AvgIpc) is 2.77. The smallest absolute Gasteiger partial charge is 0.220 e. The van der Waals surface area contributed by atoms with E-state index in [9.17, 15) is 19.8 Å². The third kappa shape index (κ3) is 9.20. The molecule has 0 saturated heterocycles. The summed E-state index contributed by atoms with van der Waals surface area (Å²) in [5.74, 6) is -0.245. The van der Waals surface area contributed by atoms with Crippen molar-refractivity contribution in [3.63, 3.8) is 0 Å². The van der Waals surface area contributed by atoms with Crippen molar-refractivity contribution in [2.45, 2.75) is 50.6 Å². The molecule has 162 valence electrons. The summed E-state index contributed by atoms with van der Waals surface area (Å²) in [5.41, 5.74) is 2.12. The molecule has 2 rings (SSSR count). The maximum atomic E-state index is 12.1. The molecular formula is C24H32N2O4. The molecule has 0 aliphatic heterocycles. The first-order chi connectivity index (χ1) is 14.6. The second kappa shape index (κ2) is 13.5. The van der Waals surface area contributed by atoms with Gasteiger partial charge in [-0.3, -0.25) is 9.59 Å². The molecule has 2 aromatic rings. The summed E-state index contributed by atoms with van der Waals surface area (Å²) in [7, 11) is 0. The second-order valence-corrected chi connectivity index (χ2v) is 7.48. The lowest BCUT2D eigenvalue weighted by atomic mass is 10.1. The van der Waals surface area contributed by atoms with Crippen molar-refractivity contribution in [2.24, 2.45) is 0 Å². The Bertz CT molecular complexity index is 687. The van der Waals surface area contributed by atoms with Crippen LogP contribution in [0.3, 0.4) is 0 Å². The van der Waals surface area contributed by atoms with E-state index in [1.54, 1.807) is 0 Å². The van der Waals surface area contributed by atoms with E-state index < -0.39 is 0 Å². The van der Waals surface area contributed by atoms with Gasteiger partial charge >= 0.3 is 0 Å². The van der Waals surface area contributed by atoms with Crippen LogP contribution in [-0.2, 0) is 22.4 Å².